The van der Waals surface area contributed by atoms with E-state index >= 15 is 0 Å². The Morgan fingerprint density at radius 1 is 1.47 bits per heavy atom. The molecule has 92 valence electrons. The lowest BCUT2D eigenvalue weighted by Crippen LogP contribution is -2.44. The summed E-state index contributed by atoms with van der Waals surface area (Å²) in [5.74, 6) is -0.788. The van der Waals surface area contributed by atoms with E-state index < -0.39 is 11.5 Å². The van der Waals surface area contributed by atoms with Crippen LogP contribution in [0.3, 0.4) is 0 Å². The molecule has 1 saturated carbocycles. The molecular formula is C13H16FNO2. The van der Waals surface area contributed by atoms with Gasteiger partial charge in [-0.2, -0.15) is 0 Å². The maximum absolute atomic E-state index is 13.9. The van der Waals surface area contributed by atoms with Gasteiger partial charge in [0.2, 0.25) is 0 Å². The Kier molecular flexibility index (Phi) is 2.91. The van der Waals surface area contributed by atoms with Gasteiger partial charge < -0.3 is 10.5 Å². The molecule has 1 aromatic carbocycles. The predicted molar refractivity (Wildman–Crippen MR) is 62.2 cm³/mol. The second-order valence-electron chi connectivity index (χ2n) is 4.65. The van der Waals surface area contributed by atoms with Crippen molar-refractivity contribution >= 4 is 5.97 Å². The lowest BCUT2D eigenvalue weighted by Gasteiger charge is -2.39. The van der Waals surface area contributed by atoms with Gasteiger partial charge in [-0.25, -0.2) is 9.18 Å². The van der Waals surface area contributed by atoms with Crippen LogP contribution in [0.25, 0.3) is 0 Å². The van der Waals surface area contributed by atoms with E-state index in [2.05, 4.69) is 4.74 Å². The first kappa shape index (κ1) is 12.0. The first-order chi connectivity index (χ1) is 7.98. The van der Waals surface area contributed by atoms with Crippen molar-refractivity contribution in [1.29, 1.82) is 0 Å². The van der Waals surface area contributed by atoms with Crippen molar-refractivity contribution in [2.45, 2.75) is 31.7 Å². The van der Waals surface area contributed by atoms with Crippen LogP contribution in [0.15, 0.2) is 12.1 Å². The van der Waals surface area contributed by atoms with Gasteiger partial charge in [0.1, 0.15) is 5.82 Å². The molecule has 0 amide bonds. The van der Waals surface area contributed by atoms with E-state index in [0.29, 0.717) is 16.7 Å². The average molecular weight is 237 g/mol. The monoisotopic (exact) mass is 237 g/mol. The number of esters is 1. The fourth-order valence-electron chi connectivity index (χ4n) is 2.21. The molecule has 4 heteroatoms. The van der Waals surface area contributed by atoms with Gasteiger partial charge in [0.25, 0.3) is 0 Å². The van der Waals surface area contributed by atoms with Gasteiger partial charge in [0, 0.05) is 11.1 Å². The maximum atomic E-state index is 13.9. The summed E-state index contributed by atoms with van der Waals surface area (Å²) in [5.41, 5.74) is 6.87. The molecule has 2 rings (SSSR count). The maximum Gasteiger partial charge on any atom is 0.338 e. The third-order valence-corrected chi connectivity index (χ3v) is 3.50. The summed E-state index contributed by atoms with van der Waals surface area (Å²) >= 11 is 0. The molecule has 0 aliphatic heterocycles. The number of hydrogen-bond donors (Lipinski definition) is 1. The number of nitrogens with two attached hydrogens (primary N) is 1. The summed E-state index contributed by atoms with van der Waals surface area (Å²) in [5, 5.41) is 0. The van der Waals surface area contributed by atoms with Crippen LogP contribution in [0.4, 0.5) is 4.39 Å². The van der Waals surface area contributed by atoms with E-state index in [4.69, 9.17) is 5.73 Å². The SMILES string of the molecule is COC(=O)c1cc(C2(N)CCC2)c(F)cc1C. The minimum Gasteiger partial charge on any atom is -0.465 e. The molecule has 1 fully saturated rings. The lowest BCUT2D eigenvalue weighted by molar-refractivity contribution is 0.0599. The van der Waals surface area contributed by atoms with Crippen molar-refractivity contribution in [2.24, 2.45) is 5.73 Å². The topological polar surface area (TPSA) is 52.3 Å². The standard InChI is InChI=1S/C13H16FNO2/c1-8-6-11(14)10(13(15)4-3-5-13)7-9(8)12(16)17-2/h6-7H,3-5,15H2,1-2H3. The predicted octanol–water partition coefficient (Wildman–Crippen LogP) is 2.26. The minimum absolute atomic E-state index is 0.336. The Bertz CT molecular complexity index is 467. The van der Waals surface area contributed by atoms with Crippen LogP contribution in [0.5, 0.6) is 0 Å². The molecule has 0 spiro atoms. The summed E-state index contributed by atoms with van der Waals surface area (Å²) < 4.78 is 18.6. The summed E-state index contributed by atoms with van der Waals surface area (Å²) in [6, 6.07) is 2.89. The summed E-state index contributed by atoms with van der Waals surface area (Å²) in [7, 11) is 1.31. The molecule has 2 N–H and O–H groups in total. The molecule has 17 heavy (non-hydrogen) atoms. The molecule has 3 nitrogen and oxygen atoms in total. The molecule has 0 aromatic heterocycles. The highest BCUT2D eigenvalue weighted by atomic mass is 19.1. The van der Waals surface area contributed by atoms with Gasteiger partial charge >= 0.3 is 5.97 Å². The fraction of sp³-hybridized carbons (Fsp3) is 0.462. The number of ether oxygens (including phenoxy) is 1. The van der Waals surface area contributed by atoms with Crippen LogP contribution < -0.4 is 5.73 Å². The zero-order valence-corrected chi connectivity index (χ0v) is 10.0. The van der Waals surface area contributed by atoms with Crippen molar-refractivity contribution in [3.05, 3.63) is 34.6 Å². The van der Waals surface area contributed by atoms with Gasteiger partial charge in [-0.3, -0.25) is 0 Å². The van der Waals surface area contributed by atoms with E-state index in [1.54, 1.807) is 6.92 Å². The summed E-state index contributed by atoms with van der Waals surface area (Å²) in [6.45, 7) is 1.68. The Labute approximate surface area is 99.8 Å². The number of carbonyl (C=O) groups is 1. The second-order valence-corrected chi connectivity index (χ2v) is 4.65. The van der Waals surface area contributed by atoms with Crippen molar-refractivity contribution in [2.75, 3.05) is 7.11 Å². The molecule has 0 atom stereocenters. The molecule has 0 bridgehead atoms. The third kappa shape index (κ3) is 1.93. The third-order valence-electron chi connectivity index (χ3n) is 3.50. The Morgan fingerprint density at radius 2 is 2.12 bits per heavy atom. The van der Waals surface area contributed by atoms with Crippen LogP contribution >= 0.6 is 0 Å². The van der Waals surface area contributed by atoms with Crippen LogP contribution in [-0.2, 0) is 10.3 Å². The quantitative estimate of drug-likeness (QED) is 0.803. The number of rotatable bonds is 2. The normalized spacial score (nSPS) is 17.4. The molecule has 1 aliphatic carbocycles. The largest absolute Gasteiger partial charge is 0.465 e. The van der Waals surface area contributed by atoms with Crippen molar-refractivity contribution in [3.63, 3.8) is 0 Å². The van der Waals surface area contributed by atoms with Crippen LogP contribution in [0, 0.1) is 12.7 Å². The molecule has 0 heterocycles. The fourth-order valence-corrected chi connectivity index (χ4v) is 2.21. The van der Waals surface area contributed by atoms with Gasteiger partial charge in [-0.15, -0.1) is 0 Å². The number of benzene rings is 1. The highest BCUT2D eigenvalue weighted by Gasteiger charge is 2.37. The number of hydrogen-bond acceptors (Lipinski definition) is 3. The van der Waals surface area contributed by atoms with Crippen LogP contribution in [-0.4, -0.2) is 13.1 Å². The van der Waals surface area contributed by atoms with E-state index in [-0.39, 0.29) is 5.82 Å². The van der Waals surface area contributed by atoms with Crippen molar-refractivity contribution < 1.29 is 13.9 Å². The number of aryl methyl sites for hydroxylation is 1. The Balaban J connectivity index is 2.49. The Morgan fingerprint density at radius 3 is 2.59 bits per heavy atom. The first-order valence-electron chi connectivity index (χ1n) is 5.66. The minimum atomic E-state index is -0.611. The highest BCUT2D eigenvalue weighted by molar-refractivity contribution is 5.91. The van der Waals surface area contributed by atoms with E-state index in [1.165, 1.54) is 19.2 Å². The van der Waals surface area contributed by atoms with Gasteiger partial charge in [-0.1, -0.05) is 0 Å². The highest BCUT2D eigenvalue weighted by Crippen LogP contribution is 2.40. The number of methoxy groups -OCH3 is 1. The average Bonchev–Trinajstić information content (AvgIpc) is 2.25. The second kappa shape index (κ2) is 4.11. The molecule has 0 unspecified atom stereocenters. The molecular weight excluding hydrogens is 221 g/mol. The smallest absolute Gasteiger partial charge is 0.338 e. The van der Waals surface area contributed by atoms with Crippen LogP contribution in [0.1, 0.15) is 40.7 Å². The summed E-state index contributed by atoms with van der Waals surface area (Å²) in [4.78, 5) is 11.5. The van der Waals surface area contributed by atoms with Gasteiger partial charge in [0.05, 0.1) is 12.7 Å². The summed E-state index contributed by atoms with van der Waals surface area (Å²) in [6.07, 6.45) is 2.51. The van der Waals surface area contributed by atoms with E-state index in [9.17, 15) is 9.18 Å². The van der Waals surface area contributed by atoms with Gasteiger partial charge in [0.15, 0.2) is 0 Å². The van der Waals surface area contributed by atoms with Crippen LogP contribution in [0.2, 0.25) is 0 Å². The zero-order valence-electron chi connectivity index (χ0n) is 10.0. The Hall–Kier alpha value is -1.42. The van der Waals surface area contributed by atoms with E-state index in [0.717, 1.165) is 19.3 Å². The molecule has 1 aromatic rings. The van der Waals surface area contributed by atoms with Gasteiger partial charge in [-0.05, 0) is 43.9 Å². The number of halogens is 1. The molecule has 0 saturated heterocycles. The molecule has 1 aliphatic rings. The van der Waals surface area contributed by atoms with Crippen molar-refractivity contribution in [3.8, 4) is 0 Å². The van der Waals surface area contributed by atoms with E-state index in [1.807, 2.05) is 0 Å². The molecule has 0 radical (unpaired) electrons. The number of carbonyl (C=O) groups excluding carboxylic acids is 1. The first-order valence-corrected chi connectivity index (χ1v) is 5.66. The zero-order chi connectivity index (χ0) is 12.6. The van der Waals surface area contributed by atoms with Crippen molar-refractivity contribution in [1.82, 2.24) is 0 Å². The lowest BCUT2D eigenvalue weighted by atomic mass is 9.72.